The van der Waals surface area contributed by atoms with E-state index in [-0.39, 0.29) is 24.7 Å². The number of alkyl halides is 3. The maximum absolute atomic E-state index is 13.6. The van der Waals surface area contributed by atoms with E-state index in [0.717, 1.165) is 50.1 Å². The standard InChI is InChI=1S/C26H31F4N3O4S/c1-3-23(25(35)31-21-8-4-5-9-21)32(16-18-11-13-20(27)14-12-18)24(34)17-33(38(2,36)37)22-10-6-7-19(15-22)26(28,29)30/h6-7,10-15,21,23H,3-5,8-9,16-17H2,1-2H3,(H,31,35). The minimum absolute atomic E-state index is 0.0306. The highest BCUT2D eigenvalue weighted by Crippen LogP contribution is 2.32. The summed E-state index contributed by atoms with van der Waals surface area (Å²) in [6.07, 6.45) is -0.163. The summed E-state index contributed by atoms with van der Waals surface area (Å²) < 4.78 is 79.1. The predicted octanol–water partition coefficient (Wildman–Crippen LogP) is 4.48. The number of hydrogen-bond donors (Lipinski definition) is 1. The Bertz CT molecular complexity index is 1230. The molecule has 0 heterocycles. The van der Waals surface area contributed by atoms with Gasteiger partial charge in [0.05, 0.1) is 17.5 Å². The van der Waals surface area contributed by atoms with Crippen LogP contribution in [-0.4, -0.2) is 50.0 Å². The quantitative estimate of drug-likeness (QED) is 0.437. The fourth-order valence-electron chi connectivity index (χ4n) is 4.52. The number of nitrogens with zero attached hydrogens (tertiary/aromatic N) is 2. The number of benzene rings is 2. The van der Waals surface area contributed by atoms with Gasteiger partial charge in [0.1, 0.15) is 18.4 Å². The Balaban J connectivity index is 1.95. The van der Waals surface area contributed by atoms with E-state index >= 15 is 0 Å². The Morgan fingerprint density at radius 1 is 1.08 bits per heavy atom. The molecule has 1 saturated carbocycles. The Morgan fingerprint density at radius 2 is 1.71 bits per heavy atom. The molecule has 7 nitrogen and oxygen atoms in total. The van der Waals surface area contributed by atoms with Crippen LogP contribution in [0.1, 0.15) is 50.2 Å². The number of hydrogen-bond acceptors (Lipinski definition) is 4. The molecule has 2 aromatic rings. The maximum atomic E-state index is 13.6. The molecule has 0 aliphatic heterocycles. The van der Waals surface area contributed by atoms with Crippen molar-refractivity contribution in [3.63, 3.8) is 0 Å². The van der Waals surface area contributed by atoms with Gasteiger partial charge in [-0.1, -0.05) is 38.0 Å². The van der Waals surface area contributed by atoms with Gasteiger partial charge in [-0.05, 0) is 55.2 Å². The van der Waals surface area contributed by atoms with Gasteiger partial charge in [0, 0.05) is 12.6 Å². The van der Waals surface area contributed by atoms with Gasteiger partial charge in [-0.25, -0.2) is 12.8 Å². The number of sulfonamides is 1. The molecule has 0 spiro atoms. The summed E-state index contributed by atoms with van der Waals surface area (Å²) in [5, 5.41) is 2.95. The minimum atomic E-state index is -4.72. The summed E-state index contributed by atoms with van der Waals surface area (Å²) in [6, 6.07) is 7.95. The maximum Gasteiger partial charge on any atom is 0.416 e. The molecule has 1 atom stereocenters. The third-order valence-corrected chi connectivity index (χ3v) is 7.63. The van der Waals surface area contributed by atoms with Gasteiger partial charge in [0.25, 0.3) is 0 Å². The molecule has 1 aliphatic carbocycles. The van der Waals surface area contributed by atoms with Gasteiger partial charge in [-0.3, -0.25) is 13.9 Å². The van der Waals surface area contributed by atoms with Crippen molar-refractivity contribution in [1.82, 2.24) is 10.2 Å². The van der Waals surface area contributed by atoms with Crippen LogP contribution in [0.2, 0.25) is 0 Å². The summed E-state index contributed by atoms with van der Waals surface area (Å²) in [5.74, 6) is -1.68. The molecule has 0 radical (unpaired) electrons. The molecular formula is C26H31F4N3O4S. The first kappa shape index (κ1) is 29.4. The minimum Gasteiger partial charge on any atom is -0.352 e. The van der Waals surface area contributed by atoms with Gasteiger partial charge < -0.3 is 10.2 Å². The van der Waals surface area contributed by atoms with Crippen LogP contribution in [-0.2, 0) is 32.3 Å². The smallest absolute Gasteiger partial charge is 0.352 e. The summed E-state index contributed by atoms with van der Waals surface area (Å²) in [7, 11) is -4.19. The zero-order valence-corrected chi connectivity index (χ0v) is 22.0. The lowest BCUT2D eigenvalue weighted by Crippen LogP contribution is -2.53. The van der Waals surface area contributed by atoms with Gasteiger partial charge in [0.2, 0.25) is 21.8 Å². The van der Waals surface area contributed by atoms with Gasteiger partial charge >= 0.3 is 6.18 Å². The Hall–Kier alpha value is -3.15. The molecule has 0 saturated heterocycles. The molecular weight excluding hydrogens is 526 g/mol. The Morgan fingerprint density at radius 3 is 2.26 bits per heavy atom. The van der Waals surface area contributed by atoms with E-state index in [4.69, 9.17) is 0 Å². The molecule has 1 fully saturated rings. The van der Waals surface area contributed by atoms with Crippen molar-refractivity contribution in [3.8, 4) is 0 Å². The van der Waals surface area contributed by atoms with E-state index in [1.54, 1.807) is 6.92 Å². The number of halogens is 4. The van der Waals surface area contributed by atoms with Crippen molar-refractivity contribution in [2.45, 2.75) is 63.8 Å². The van der Waals surface area contributed by atoms with Crippen LogP contribution in [0.25, 0.3) is 0 Å². The van der Waals surface area contributed by atoms with Crippen molar-refractivity contribution in [2.75, 3.05) is 17.1 Å². The van der Waals surface area contributed by atoms with Crippen molar-refractivity contribution in [1.29, 1.82) is 0 Å². The molecule has 2 amide bonds. The monoisotopic (exact) mass is 557 g/mol. The number of nitrogens with one attached hydrogen (secondary N) is 1. The predicted molar refractivity (Wildman–Crippen MR) is 135 cm³/mol. The van der Waals surface area contributed by atoms with Crippen molar-refractivity contribution in [3.05, 3.63) is 65.5 Å². The third-order valence-electron chi connectivity index (χ3n) is 6.49. The highest BCUT2D eigenvalue weighted by atomic mass is 32.2. The summed E-state index contributed by atoms with van der Waals surface area (Å²) in [5.41, 5.74) is -0.903. The molecule has 1 aliphatic rings. The zero-order chi connectivity index (χ0) is 28.1. The average molecular weight is 558 g/mol. The molecule has 1 N–H and O–H groups in total. The number of anilines is 1. The molecule has 1 unspecified atom stereocenters. The van der Waals surface area contributed by atoms with Crippen molar-refractivity contribution >= 4 is 27.5 Å². The molecule has 0 bridgehead atoms. The second-order valence-corrected chi connectivity index (χ2v) is 11.3. The first-order valence-corrected chi connectivity index (χ1v) is 14.1. The van der Waals surface area contributed by atoms with E-state index in [1.165, 1.54) is 29.2 Å². The second kappa shape index (κ2) is 12.1. The lowest BCUT2D eigenvalue weighted by atomic mass is 10.1. The van der Waals surface area contributed by atoms with E-state index in [0.29, 0.717) is 15.9 Å². The van der Waals surface area contributed by atoms with Crippen LogP contribution in [0, 0.1) is 5.82 Å². The largest absolute Gasteiger partial charge is 0.416 e. The average Bonchev–Trinajstić information content (AvgIpc) is 3.35. The molecule has 0 aromatic heterocycles. The Kier molecular flexibility index (Phi) is 9.40. The summed E-state index contributed by atoms with van der Waals surface area (Å²) in [4.78, 5) is 28.0. The number of amides is 2. The van der Waals surface area contributed by atoms with Crippen LogP contribution in [0.15, 0.2) is 48.5 Å². The normalized spacial score (nSPS) is 15.2. The molecule has 2 aromatic carbocycles. The first-order valence-electron chi connectivity index (χ1n) is 12.3. The van der Waals surface area contributed by atoms with Crippen molar-refractivity contribution in [2.24, 2.45) is 0 Å². The topological polar surface area (TPSA) is 86.8 Å². The third kappa shape index (κ3) is 7.68. The SMILES string of the molecule is CCC(C(=O)NC1CCCC1)N(Cc1ccc(F)cc1)C(=O)CN(c1cccc(C(F)(F)F)c1)S(C)(=O)=O. The molecule has 38 heavy (non-hydrogen) atoms. The first-order chi connectivity index (χ1) is 17.8. The van der Waals surface area contributed by atoms with E-state index in [1.807, 2.05) is 0 Å². The zero-order valence-electron chi connectivity index (χ0n) is 21.2. The van der Waals surface area contributed by atoms with E-state index in [2.05, 4.69) is 5.32 Å². The highest BCUT2D eigenvalue weighted by Gasteiger charge is 2.35. The van der Waals surface area contributed by atoms with Crippen LogP contribution in [0.4, 0.5) is 23.2 Å². The lowest BCUT2D eigenvalue weighted by molar-refractivity contribution is -0.140. The summed E-state index contributed by atoms with van der Waals surface area (Å²) >= 11 is 0. The number of rotatable bonds is 10. The Labute approximate surface area is 219 Å². The van der Waals surface area contributed by atoms with Gasteiger partial charge in [0.15, 0.2) is 0 Å². The van der Waals surface area contributed by atoms with Crippen LogP contribution in [0.5, 0.6) is 0 Å². The lowest BCUT2D eigenvalue weighted by Gasteiger charge is -2.33. The van der Waals surface area contributed by atoms with Gasteiger partial charge in [-0.2, -0.15) is 13.2 Å². The molecule has 12 heteroatoms. The molecule has 3 rings (SSSR count). The van der Waals surface area contributed by atoms with Crippen LogP contribution >= 0.6 is 0 Å². The summed E-state index contributed by atoms with van der Waals surface area (Å²) in [6.45, 7) is 0.745. The molecule has 208 valence electrons. The van der Waals surface area contributed by atoms with Crippen LogP contribution < -0.4 is 9.62 Å². The van der Waals surface area contributed by atoms with Gasteiger partial charge in [-0.15, -0.1) is 0 Å². The fourth-order valence-corrected chi connectivity index (χ4v) is 5.37. The number of carbonyl (C=O) groups is 2. The van der Waals surface area contributed by atoms with E-state index < -0.39 is 52.0 Å². The van der Waals surface area contributed by atoms with Crippen LogP contribution in [0.3, 0.4) is 0 Å². The number of carbonyl (C=O) groups excluding carboxylic acids is 2. The van der Waals surface area contributed by atoms with E-state index in [9.17, 15) is 35.6 Å². The fraction of sp³-hybridized carbons (Fsp3) is 0.462. The van der Waals surface area contributed by atoms with Crippen molar-refractivity contribution < 1.29 is 35.6 Å². The highest BCUT2D eigenvalue weighted by molar-refractivity contribution is 7.92. The second-order valence-electron chi connectivity index (χ2n) is 9.38.